The number of likely N-dealkylation sites (N-methyl/N-ethyl adjacent to an activating group) is 1. The lowest BCUT2D eigenvalue weighted by atomic mass is 10.2. The van der Waals surface area contributed by atoms with Gasteiger partial charge in [0.1, 0.15) is 0 Å². The van der Waals surface area contributed by atoms with Gasteiger partial charge in [0, 0.05) is 6.54 Å². The first-order valence-corrected chi connectivity index (χ1v) is 3.81. The van der Waals surface area contributed by atoms with Crippen molar-refractivity contribution >= 4 is 5.91 Å². The number of hydrogen-bond acceptors (Lipinski definition) is 2. The van der Waals surface area contributed by atoms with Crippen molar-refractivity contribution in [1.82, 2.24) is 10.2 Å². The number of rotatable bonds is 2. The Labute approximate surface area is 61.4 Å². The molecule has 0 radical (unpaired) electrons. The van der Waals surface area contributed by atoms with Gasteiger partial charge in [0.15, 0.2) is 0 Å². The summed E-state index contributed by atoms with van der Waals surface area (Å²) in [6.07, 6.45) is 0.898. The van der Waals surface area contributed by atoms with Crippen molar-refractivity contribution in [3.8, 4) is 0 Å². The number of nitrogens with one attached hydrogen (secondary N) is 1. The highest BCUT2D eigenvalue weighted by Gasteiger charge is 2.27. The fraction of sp³-hybridized carbons (Fsp3) is 0.857. The number of hydrogen-bond donors (Lipinski definition) is 1. The molecule has 1 heterocycles. The van der Waals surface area contributed by atoms with E-state index in [1.165, 1.54) is 0 Å². The van der Waals surface area contributed by atoms with Crippen LogP contribution in [0, 0.1) is 0 Å². The van der Waals surface area contributed by atoms with Gasteiger partial charge in [-0.15, -0.1) is 0 Å². The minimum absolute atomic E-state index is 0.0833. The molecule has 1 atom stereocenters. The minimum atomic E-state index is 0.0833. The van der Waals surface area contributed by atoms with Gasteiger partial charge in [0.25, 0.3) is 0 Å². The molecule has 1 rings (SSSR count). The average Bonchev–Trinajstić information content (AvgIpc) is 2.30. The standard InChI is InChI=1S/C7H14N2O/c1-3-6-7(10)9(4-2)5-8-6/h6,8H,3-5H2,1-2H3. The molecular formula is C7H14N2O. The van der Waals surface area contributed by atoms with Crippen LogP contribution in [0.15, 0.2) is 0 Å². The molecule has 3 heteroatoms. The van der Waals surface area contributed by atoms with Gasteiger partial charge in [-0.05, 0) is 13.3 Å². The number of nitrogens with zero attached hydrogens (tertiary/aromatic N) is 1. The van der Waals surface area contributed by atoms with Crippen molar-refractivity contribution in [2.45, 2.75) is 26.3 Å². The lowest BCUT2D eigenvalue weighted by molar-refractivity contribution is -0.128. The molecule has 1 aliphatic rings. The van der Waals surface area contributed by atoms with Crippen LogP contribution in [0.25, 0.3) is 0 Å². The first-order chi connectivity index (χ1) is 4.79. The van der Waals surface area contributed by atoms with E-state index in [0.717, 1.165) is 19.6 Å². The number of carbonyl (C=O) groups is 1. The quantitative estimate of drug-likeness (QED) is 0.596. The van der Waals surface area contributed by atoms with Crippen LogP contribution in [-0.4, -0.2) is 30.1 Å². The first-order valence-electron chi connectivity index (χ1n) is 3.81. The predicted octanol–water partition coefficient (Wildman–Crippen LogP) is 0.174. The van der Waals surface area contributed by atoms with Gasteiger partial charge in [0.05, 0.1) is 12.7 Å². The summed E-state index contributed by atoms with van der Waals surface area (Å²) in [4.78, 5) is 13.1. The molecule has 10 heavy (non-hydrogen) atoms. The van der Waals surface area contributed by atoms with Gasteiger partial charge in [-0.2, -0.15) is 0 Å². The molecule has 0 bridgehead atoms. The number of amides is 1. The molecule has 1 N–H and O–H groups in total. The van der Waals surface area contributed by atoms with Gasteiger partial charge in [0.2, 0.25) is 5.91 Å². The van der Waals surface area contributed by atoms with Crippen molar-refractivity contribution in [1.29, 1.82) is 0 Å². The maximum absolute atomic E-state index is 11.2. The summed E-state index contributed by atoms with van der Waals surface area (Å²) in [6.45, 7) is 5.57. The largest absolute Gasteiger partial charge is 0.329 e. The summed E-state index contributed by atoms with van der Waals surface area (Å²) >= 11 is 0. The summed E-state index contributed by atoms with van der Waals surface area (Å²) in [6, 6.07) is 0.0833. The lowest BCUT2D eigenvalue weighted by Gasteiger charge is -2.10. The van der Waals surface area contributed by atoms with Crippen LogP contribution in [0.2, 0.25) is 0 Å². The number of carbonyl (C=O) groups excluding carboxylic acids is 1. The van der Waals surface area contributed by atoms with E-state index >= 15 is 0 Å². The Kier molecular flexibility index (Phi) is 2.27. The van der Waals surface area contributed by atoms with Crippen LogP contribution in [0.5, 0.6) is 0 Å². The smallest absolute Gasteiger partial charge is 0.240 e. The highest BCUT2D eigenvalue weighted by atomic mass is 16.2. The second kappa shape index (κ2) is 3.01. The second-order valence-electron chi connectivity index (χ2n) is 2.52. The highest BCUT2D eigenvalue weighted by molar-refractivity contribution is 5.83. The van der Waals surface area contributed by atoms with E-state index in [-0.39, 0.29) is 11.9 Å². The maximum Gasteiger partial charge on any atom is 0.240 e. The molecular weight excluding hydrogens is 128 g/mol. The Morgan fingerprint density at radius 2 is 2.40 bits per heavy atom. The molecule has 1 aliphatic heterocycles. The zero-order valence-electron chi connectivity index (χ0n) is 6.55. The van der Waals surface area contributed by atoms with Crippen molar-refractivity contribution in [3.05, 3.63) is 0 Å². The SMILES string of the molecule is CCC1NCN(CC)C1=O. The topological polar surface area (TPSA) is 32.3 Å². The van der Waals surface area contributed by atoms with E-state index in [9.17, 15) is 4.79 Å². The zero-order valence-corrected chi connectivity index (χ0v) is 6.55. The molecule has 0 aliphatic carbocycles. The Morgan fingerprint density at radius 3 is 2.70 bits per heavy atom. The van der Waals surface area contributed by atoms with Gasteiger partial charge >= 0.3 is 0 Å². The highest BCUT2D eigenvalue weighted by Crippen LogP contribution is 2.04. The molecule has 0 spiro atoms. The molecule has 1 unspecified atom stereocenters. The summed E-state index contributed by atoms with van der Waals surface area (Å²) in [5.41, 5.74) is 0. The summed E-state index contributed by atoms with van der Waals surface area (Å²) in [5.74, 6) is 0.255. The molecule has 1 fully saturated rings. The van der Waals surface area contributed by atoms with Crippen molar-refractivity contribution in [2.75, 3.05) is 13.2 Å². The molecule has 1 amide bonds. The molecule has 0 saturated carbocycles. The van der Waals surface area contributed by atoms with Crippen molar-refractivity contribution in [2.24, 2.45) is 0 Å². The first kappa shape index (κ1) is 7.54. The van der Waals surface area contributed by atoms with Gasteiger partial charge in [-0.1, -0.05) is 6.92 Å². The van der Waals surface area contributed by atoms with E-state index in [2.05, 4.69) is 5.32 Å². The Hall–Kier alpha value is -0.570. The lowest BCUT2D eigenvalue weighted by Crippen LogP contribution is -2.29. The van der Waals surface area contributed by atoms with E-state index in [0.29, 0.717) is 0 Å². The second-order valence-corrected chi connectivity index (χ2v) is 2.52. The monoisotopic (exact) mass is 142 g/mol. The molecule has 3 nitrogen and oxygen atoms in total. The van der Waals surface area contributed by atoms with Gasteiger partial charge in [-0.25, -0.2) is 0 Å². The molecule has 58 valence electrons. The summed E-state index contributed by atoms with van der Waals surface area (Å²) < 4.78 is 0. The average molecular weight is 142 g/mol. The van der Waals surface area contributed by atoms with Crippen LogP contribution in [0.3, 0.4) is 0 Å². The molecule has 0 aromatic carbocycles. The van der Waals surface area contributed by atoms with E-state index in [1.807, 2.05) is 18.7 Å². The van der Waals surface area contributed by atoms with Crippen molar-refractivity contribution in [3.63, 3.8) is 0 Å². The van der Waals surface area contributed by atoms with E-state index in [1.54, 1.807) is 0 Å². The minimum Gasteiger partial charge on any atom is -0.329 e. The molecule has 1 saturated heterocycles. The predicted molar refractivity (Wildman–Crippen MR) is 39.5 cm³/mol. The van der Waals surface area contributed by atoms with Crippen LogP contribution in [0.1, 0.15) is 20.3 Å². The van der Waals surface area contributed by atoms with Crippen LogP contribution in [-0.2, 0) is 4.79 Å². The fourth-order valence-corrected chi connectivity index (χ4v) is 1.19. The fourth-order valence-electron chi connectivity index (χ4n) is 1.19. The molecule has 0 aromatic rings. The maximum atomic E-state index is 11.2. The van der Waals surface area contributed by atoms with Crippen LogP contribution >= 0.6 is 0 Å². The summed E-state index contributed by atoms with van der Waals surface area (Å²) in [5, 5.41) is 3.13. The van der Waals surface area contributed by atoms with Crippen LogP contribution < -0.4 is 5.32 Å². The van der Waals surface area contributed by atoms with E-state index < -0.39 is 0 Å². The van der Waals surface area contributed by atoms with Crippen molar-refractivity contribution < 1.29 is 4.79 Å². The molecule has 0 aromatic heterocycles. The Balaban J connectivity index is 2.49. The van der Waals surface area contributed by atoms with Gasteiger partial charge in [-0.3, -0.25) is 10.1 Å². The zero-order chi connectivity index (χ0) is 7.56. The third-order valence-electron chi connectivity index (χ3n) is 1.93. The third kappa shape index (κ3) is 1.14. The Morgan fingerprint density at radius 1 is 1.70 bits per heavy atom. The summed E-state index contributed by atoms with van der Waals surface area (Å²) in [7, 11) is 0. The van der Waals surface area contributed by atoms with Crippen LogP contribution in [0.4, 0.5) is 0 Å². The van der Waals surface area contributed by atoms with E-state index in [4.69, 9.17) is 0 Å². The normalized spacial score (nSPS) is 26.0. The third-order valence-corrected chi connectivity index (χ3v) is 1.93. The van der Waals surface area contributed by atoms with Gasteiger partial charge < -0.3 is 4.90 Å². The Bertz CT molecular complexity index is 122.